The molecule has 0 fully saturated rings. The number of rotatable bonds is 6. The maximum Gasteiger partial charge on any atom is 0.189 e. The molecule has 0 amide bonds. The molecule has 0 heterocycles. The monoisotopic (exact) mass is 203 g/mol. The topological polar surface area (TPSA) is 9.72 Å². The Balaban J connectivity index is 3.70. The minimum absolute atomic E-state index is 0.799. The molecule has 4 heteroatoms. The van der Waals surface area contributed by atoms with Crippen LogP contribution in [0.3, 0.4) is 0 Å². The number of hydrogen-bond donors (Lipinski definition) is 0. The minimum atomic E-state index is -0.799. The van der Waals surface area contributed by atoms with Crippen molar-refractivity contribution in [3.05, 3.63) is 0 Å². The van der Waals surface area contributed by atoms with Gasteiger partial charge in [0.15, 0.2) is 9.12 Å². The van der Waals surface area contributed by atoms with E-state index < -0.39 is 9.12 Å². The SMILES string of the molecule is CN(C)CCC[SiH](N(C)C)N(C)C. The van der Waals surface area contributed by atoms with E-state index in [0.29, 0.717) is 0 Å². The Hall–Kier alpha value is 0.0969. The zero-order chi connectivity index (χ0) is 10.4. The summed E-state index contributed by atoms with van der Waals surface area (Å²) in [5.74, 6) is 0. The first-order chi connectivity index (χ1) is 5.95. The molecule has 0 unspecified atom stereocenters. The molecule has 0 bridgehead atoms. The molecule has 0 aliphatic rings. The van der Waals surface area contributed by atoms with Gasteiger partial charge in [-0.3, -0.25) is 0 Å². The summed E-state index contributed by atoms with van der Waals surface area (Å²) >= 11 is 0. The van der Waals surface area contributed by atoms with E-state index in [0.717, 1.165) is 0 Å². The van der Waals surface area contributed by atoms with Crippen molar-refractivity contribution >= 4 is 9.12 Å². The third-order valence-corrected chi connectivity index (χ3v) is 5.57. The summed E-state index contributed by atoms with van der Waals surface area (Å²) in [7, 11) is 12.3. The summed E-state index contributed by atoms with van der Waals surface area (Å²) < 4.78 is 4.82. The molecule has 3 nitrogen and oxygen atoms in total. The summed E-state index contributed by atoms with van der Waals surface area (Å²) in [6.07, 6.45) is 1.32. The third kappa shape index (κ3) is 6.21. The van der Waals surface area contributed by atoms with Crippen molar-refractivity contribution in [3.63, 3.8) is 0 Å². The van der Waals surface area contributed by atoms with E-state index >= 15 is 0 Å². The molecular weight excluding hydrogens is 178 g/mol. The Morgan fingerprint density at radius 1 is 0.846 bits per heavy atom. The van der Waals surface area contributed by atoms with E-state index in [1.807, 2.05) is 0 Å². The molecule has 0 saturated heterocycles. The van der Waals surface area contributed by atoms with Gasteiger partial charge in [-0.1, -0.05) is 0 Å². The van der Waals surface area contributed by atoms with Crippen LogP contribution in [0, 0.1) is 0 Å². The second-order valence-corrected chi connectivity index (χ2v) is 7.96. The maximum absolute atomic E-state index is 2.41. The first-order valence-electron chi connectivity index (χ1n) is 4.92. The van der Waals surface area contributed by atoms with Crippen LogP contribution in [0.15, 0.2) is 0 Å². The van der Waals surface area contributed by atoms with Crippen molar-refractivity contribution in [2.24, 2.45) is 0 Å². The summed E-state index contributed by atoms with van der Waals surface area (Å²) in [4.78, 5) is 2.26. The molecule has 0 aliphatic carbocycles. The van der Waals surface area contributed by atoms with Crippen LogP contribution in [0.1, 0.15) is 6.42 Å². The molecule has 0 aromatic rings. The maximum atomic E-state index is 2.41. The summed E-state index contributed by atoms with van der Waals surface area (Å²) in [5, 5.41) is 0. The molecule has 80 valence electrons. The van der Waals surface area contributed by atoms with Gasteiger partial charge < -0.3 is 14.0 Å². The lowest BCUT2D eigenvalue weighted by atomic mass is 10.5. The van der Waals surface area contributed by atoms with Gasteiger partial charge in [0.1, 0.15) is 0 Å². The molecule has 0 N–H and O–H groups in total. The van der Waals surface area contributed by atoms with Crippen molar-refractivity contribution < 1.29 is 0 Å². The van der Waals surface area contributed by atoms with E-state index in [-0.39, 0.29) is 0 Å². The normalized spacial score (nSPS) is 12.5. The van der Waals surface area contributed by atoms with Gasteiger partial charge in [0, 0.05) is 0 Å². The van der Waals surface area contributed by atoms with E-state index in [9.17, 15) is 0 Å². The molecular formula is C9H25N3Si. The van der Waals surface area contributed by atoms with E-state index in [1.165, 1.54) is 19.0 Å². The van der Waals surface area contributed by atoms with Crippen molar-refractivity contribution in [3.8, 4) is 0 Å². The van der Waals surface area contributed by atoms with Gasteiger partial charge in [-0.2, -0.15) is 0 Å². The lowest BCUT2D eigenvalue weighted by Gasteiger charge is -2.28. The highest BCUT2D eigenvalue weighted by Crippen LogP contribution is 2.03. The minimum Gasteiger partial charge on any atom is -0.320 e. The van der Waals surface area contributed by atoms with Gasteiger partial charge in [0.2, 0.25) is 0 Å². The van der Waals surface area contributed by atoms with Crippen molar-refractivity contribution in [2.75, 3.05) is 48.8 Å². The number of nitrogens with zero attached hydrogens (tertiary/aromatic N) is 3. The highest BCUT2D eigenvalue weighted by molar-refractivity contribution is 6.52. The Morgan fingerprint density at radius 3 is 1.62 bits per heavy atom. The largest absolute Gasteiger partial charge is 0.320 e. The zero-order valence-electron chi connectivity index (χ0n) is 10.0. The molecule has 0 radical (unpaired) electrons. The van der Waals surface area contributed by atoms with Gasteiger partial charge in [0.05, 0.1) is 0 Å². The molecule has 0 spiro atoms. The van der Waals surface area contributed by atoms with Crippen LogP contribution in [0.5, 0.6) is 0 Å². The van der Waals surface area contributed by atoms with Crippen LogP contribution in [0.2, 0.25) is 6.04 Å². The third-order valence-electron chi connectivity index (χ3n) is 2.26. The second kappa shape index (κ2) is 6.54. The van der Waals surface area contributed by atoms with E-state index in [2.05, 4.69) is 56.3 Å². The lowest BCUT2D eigenvalue weighted by Crippen LogP contribution is -2.45. The Kier molecular flexibility index (Phi) is 6.58. The van der Waals surface area contributed by atoms with Gasteiger partial charge in [-0.25, -0.2) is 0 Å². The molecule has 0 aliphatic heterocycles. The Labute approximate surface area is 85.1 Å². The summed E-state index contributed by atoms with van der Waals surface area (Å²) in [5.41, 5.74) is 0. The Bertz CT molecular complexity index is 118. The fourth-order valence-electron chi connectivity index (χ4n) is 1.57. The van der Waals surface area contributed by atoms with Gasteiger partial charge in [0.25, 0.3) is 0 Å². The van der Waals surface area contributed by atoms with Crippen molar-refractivity contribution in [1.82, 2.24) is 14.0 Å². The van der Waals surface area contributed by atoms with Gasteiger partial charge in [-0.15, -0.1) is 0 Å². The number of hydrogen-bond acceptors (Lipinski definition) is 3. The summed E-state index contributed by atoms with van der Waals surface area (Å²) in [6.45, 7) is 1.21. The molecule has 0 aromatic heterocycles. The fraction of sp³-hybridized carbons (Fsp3) is 1.00. The van der Waals surface area contributed by atoms with Crippen LogP contribution < -0.4 is 0 Å². The molecule has 0 aromatic carbocycles. The zero-order valence-corrected chi connectivity index (χ0v) is 11.2. The standard InChI is InChI=1S/C9H25N3Si/c1-10(2)8-7-9-13(11(3)4)12(5)6/h13H,7-9H2,1-6H3. The smallest absolute Gasteiger partial charge is 0.189 e. The van der Waals surface area contributed by atoms with Crippen molar-refractivity contribution in [2.45, 2.75) is 12.5 Å². The van der Waals surface area contributed by atoms with Crippen LogP contribution in [-0.4, -0.2) is 72.0 Å². The predicted molar refractivity (Wildman–Crippen MR) is 62.5 cm³/mol. The lowest BCUT2D eigenvalue weighted by molar-refractivity contribution is 0.402. The van der Waals surface area contributed by atoms with Crippen LogP contribution in [-0.2, 0) is 0 Å². The van der Waals surface area contributed by atoms with Crippen molar-refractivity contribution in [1.29, 1.82) is 0 Å². The molecule has 0 rings (SSSR count). The second-order valence-electron chi connectivity index (χ2n) is 4.35. The van der Waals surface area contributed by atoms with E-state index in [1.54, 1.807) is 0 Å². The quantitative estimate of drug-likeness (QED) is 0.574. The van der Waals surface area contributed by atoms with Crippen LogP contribution in [0.4, 0.5) is 0 Å². The Morgan fingerprint density at radius 2 is 1.31 bits per heavy atom. The van der Waals surface area contributed by atoms with Gasteiger partial charge in [-0.05, 0) is 61.3 Å². The van der Waals surface area contributed by atoms with Crippen LogP contribution in [0.25, 0.3) is 0 Å². The molecule has 13 heavy (non-hydrogen) atoms. The van der Waals surface area contributed by atoms with Crippen LogP contribution >= 0.6 is 0 Å². The molecule has 0 atom stereocenters. The van der Waals surface area contributed by atoms with E-state index in [4.69, 9.17) is 0 Å². The predicted octanol–water partition coefficient (Wildman–Crippen LogP) is 0.282. The fourth-order valence-corrected chi connectivity index (χ4v) is 4.07. The van der Waals surface area contributed by atoms with Gasteiger partial charge >= 0.3 is 0 Å². The average molecular weight is 203 g/mol. The average Bonchev–Trinajstić information content (AvgIpc) is 1.95. The molecule has 0 saturated carbocycles. The highest BCUT2D eigenvalue weighted by atomic mass is 28.3. The first-order valence-corrected chi connectivity index (χ1v) is 6.77. The first kappa shape index (κ1) is 13.1. The highest BCUT2D eigenvalue weighted by Gasteiger charge is 2.15. The summed E-state index contributed by atoms with van der Waals surface area (Å²) in [6, 6.07) is 1.37.